The fraction of sp³-hybridized carbons (Fsp3) is 0.217. The van der Waals surface area contributed by atoms with Gasteiger partial charge in [0.15, 0.2) is 26.5 Å². The number of pyridine rings is 3. The first kappa shape index (κ1) is 22.8. The minimum Gasteiger partial charge on any atom is -0.485 e. The molecule has 0 aliphatic heterocycles. The average molecular weight is 538 g/mol. The highest BCUT2D eigenvalue weighted by Gasteiger charge is 2.19. The fourth-order valence-corrected chi connectivity index (χ4v) is 4.22. The predicted octanol–water partition coefficient (Wildman–Crippen LogP) is 3.73. The Morgan fingerprint density at radius 1 is 1.17 bits per heavy atom. The number of aryl methyl sites for hydroxylation is 2. The van der Waals surface area contributed by atoms with Gasteiger partial charge in [0, 0.05) is 36.3 Å². The summed E-state index contributed by atoms with van der Waals surface area (Å²) in [5.74, 6) is -2.55. The third-order valence-corrected chi connectivity index (χ3v) is 7.13. The van der Waals surface area contributed by atoms with Gasteiger partial charge in [-0.25, -0.2) is 26.9 Å². The average Bonchev–Trinajstić information content (AvgIpc) is 3.34. The van der Waals surface area contributed by atoms with E-state index < -0.39 is 44.3 Å². The second kappa shape index (κ2) is 9.78. The zero-order chi connectivity index (χ0) is 28.0. The van der Waals surface area contributed by atoms with E-state index >= 15 is 0 Å². The van der Waals surface area contributed by atoms with E-state index in [1.807, 2.05) is 0 Å². The van der Waals surface area contributed by atoms with E-state index in [0.717, 1.165) is 0 Å². The van der Waals surface area contributed by atoms with Crippen molar-refractivity contribution in [2.24, 2.45) is 0 Å². The molecule has 0 unspecified atom stereocenters. The lowest BCUT2D eigenvalue weighted by atomic mass is 10.2. The first-order valence-corrected chi connectivity index (χ1v) is 12.5. The number of hydrogen-bond donors (Lipinski definition) is 0. The molecule has 4 heterocycles. The van der Waals surface area contributed by atoms with Crippen LogP contribution in [0.3, 0.4) is 0 Å². The molecule has 0 bridgehead atoms. The summed E-state index contributed by atoms with van der Waals surface area (Å²) < 4.78 is 75.5. The number of ether oxygens (including phenoxy) is 1. The quantitative estimate of drug-likeness (QED) is 0.353. The van der Waals surface area contributed by atoms with Gasteiger partial charge in [-0.05, 0) is 25.5 Å². The van der Waals surface area contributed by atoms with Crippen LogP contribution in [0.25, 0.3) is 11.5 Å². The molecule has 0 aliphatic carbocycles. The summed E-state index contributed by atoms with van der Waals surface area (Å²) in [6.45, 7) is 1.84. The SMILES string of the molecule is [2H]C([2H])(Oc1cc(C)n(-c2cc(-n3ccc(S(=O)(=O)CC)n3)ncc2C)c(=O)c1Cl)c1ncc(F)cc1F. The number of hydrogen-bond acceptors (Lipinski definition) is 7. The van der Waals surface area contributed by atoms with Crippen LogP contribution in [0, 0.1) is 25.5 Å². The molecule has 0 saturated carbocycles. The molecule has 0 aliphatic rings. The topological polar surface area (TPSA) is 109 Å². The molecule has 0 atom stereocenters. The molecule has 0 spiro atoms. The molecule has 4 aromatic rings. The maximum Gasteiger partial charge on any atom is 0.277 e. The largest absolute Gasteiger partial charge is 0.485 e. The maximum absolute atomic E-state index is 14.1. The van der Waals surface area contributed by atoms with Crippen LogP contribution in [-0.4, -0.2) is 38.5 Å². The summed E-state index contributed by atoms with van der Waals surface area (Å²) >= 11 is 6.26. The Labute approximate surface area is 212 Å². The smallest absolute Gasteiger partial charge is 0.277 e. The van der Waals surface area contributed by atoms with Gasteiger partial charge in [0.05, 0.1) is 20.4 Å². The molecule has 4 aromatic heterocycles. The number of rotatable bonds is 7. The van der Waals surface area contributed by atoms with E-state index in [-0.39, 0.29) is 28.0 Å². The van der Waals surface area contributed by atoms with Crippen LogP contribution in [0.15, 0.2) is 52.7 Å². The molecule has 0 fully saturated rings. The van der Waals surface area contributed by atoms with E-state index in [1.54, 1.807) is 6.92 Å². The van der Waals surface area contributed by atoms with Crippen molar-refractivity contribution in [2.45, 2.75) is 32.4 Å². The van der Waals surface area contributed by atoms with E-state index in [1.165, 1.54) is 53.7 Å². The third kappa shape index (κ3) is 4.86. The highest BCUT2D eigenvalue weighted by molar-refractivity contribution is 7.91. The number of nitrogens with zero attached hydrogens (tertiary/aromatic N) is 5. The standard InChI is InChI=1S/C23H20ClF2N5O4S/c1-4-36(33,34)21-5-6-30(29-21)20-9-18(13(2)10-28-20)31-14(3)7-19(22(24)23(31)32)35-12-17-16(26)8-15(25)11-27-17/h5-11H,4,12H2,1-3H3/i12D2. The molecule has 188 valence electrons. The molecule has 0 saturated heterocycles. The lowest BCUT2D eigenvalue weighted by Gasteiger charge is -2.16. The lowest BCUT2D eigenvalue weighted by molar-refractivity contribution is 0.292. The van der Waals surface area contributed by atoms with Crippen LogP contribution in [-0.2, 0) is 16.4 Å². The van der Waals surface area contributed by atoms with Crippen molar-refractivity contribution in [1.82, 2.24) is 24.3 Å². The molecular formula is C23H20ClF2N5O4S. The third-order valence-electron chi connectivity index (χ3n) is 5.16. The van der Waals surface area contributed by atoms with Crippen molar-refractivity contribution >= 4 is 21.4 Å². The fourth-order valence-electron chi connectivity index (χ4n) is 3.27. The Balaban J connectivity index is 1.76. The summed E-state index contributed by atoms with van der Waals surface area (Å²) in [6, 6.07) is 4.58. The molecule has 4 rings (SSSR count). The lowest BCUT2D eigenvalue weighted by Crippen LogP contribution is -2.23. The van der Waals surface area contributed by atoms with E-state index in [2.05, 4.69) is 15.1 Å². The molecule has 36 heavy (non-hydrogen) atoms. The summed E-state index contributed by atoms with van der Waals surface area (Å²) in [7, 11) is -3.54. The Hall–Kier alpha value is -3.64. The highest BCUT2D eigenvalue weighted by Crippen LogP contribution is 2.26. The van der Waals surface area contributed by atoms with Gasteiger partial charge in [0.1, 0.15) is 28.8 Å². The van der Waals surface area contributed by atoms with E-state index in [4.69, 9.17) is 19.1 Å². The van der Waals surface area contributed by atoms with Crippen LogP contribution in [0.2, 0.25) is 5.02 Å². The summed E-state index contributed by atoms with van der Waals surface area (Å²) in [5.41, 5.74) is -0.427. The number of sulfone groups is 1. The van der Waals surface area contributed by atoms with Crippen molar-refractivity contribution in [1.29, 1.82) is 0 Å². The van der Waals surface area contributed by atoms with Crippen LogP contribution in [0.5, 0.6) is 5.75 Å². The van der Waals surface area contributed by atoms with E-state index in [9.17, 15) is 22.0 Å². The van der Waals surface area contributed by atoms with Crippen LogP contribution >= 0.6 is 11.6 Å². The summed E-state index contributed by atoms with van der Waals surface area (Å²) in [5, 5.41) is 3.45. The predicted molar refractivity (Wildman–Crippen MR) is 128 cm³/mol. The highest BCUT2D eigenvalue weighted by atomic mass is 35.5. The summed E-state index contributed by atoms with van der Waals surface area (Å²) in [4.78, 5) is 21.0. The van der Waals surface area contributed by atoms with Gasteiger partial charge in [-0.2, -0.15) is 5.10 Å². The Kier molecular flexibility index (Phi) is 6.20. The zero-order valence-electron chi connectivity index (χ0n) is 21.2. The molecule has 13 heteroatoms. The Morgan fingerprint density at radius 2 is 1.92 bits per heavy atom. The van der Waals surface area contributed by atoms with E-state index in [0.29, 0.717) is 23.5 Å². The molecule has 9 nitrogen and oxygen atoms in total. The van der Waals surface area contributed by atoms with Crippen molar-refractivity contribution in [3.63, 3.8) is 0 Å². The molecule has 0 radical (unpaired) electrons. The maximum atomic E-state index is 14.1. The van der Waals surface area contributed by atoms with Gasteiger partial charge in [0.2, 0.25) is 0 Å². The number of aromatic nitrogens is 5. The van der Waals surface area contributed by atoms with Gasteiger partial charge in [0.25, 0.3) is 5.56 Å². The second-order valence-corrected chi connectivity index (χ2v) is 10.2. The second-order valence-electron chi connectivity index (χ2n) is 7.62. The van der Waals surface area contributed by atoms with Gasteiger partial charge in [-0.3, -0.25) is 14.3 Å². The van der Waals surface area contributed by atoms with Crippen molar-refractivity contribution in [2.75, 3.05) is 5.75 Å². The van der Waals surface area contributed by atoms with Crippen molar-refractivity contribution in [3.8, 4) is 17.3 Å². The first-order valence-electron chi connectivity index (χ1n) is 11.4. The Morgan fingerprint density at radius 3 is 2.61 bits per heavy atom. The van der Waals surface area contributed by atoms with Crippen molar-refractivity contribution in [3.05, 3.63) is 86.8 Å². The van der Waals surface area contributed by atoms with Gasteiger partial charge >= 0.3 is 0 Å². The monoisotopic (exact) mass is 537 g/mol. The zero-order valence-corrected chi connectivity index (χ0v) is 20.7. The molecular weight excluding hydrogens is 516 g/mol. The molecule has 0 N–H and O–H groups in total. The van der Waals surface area contributed by atoms with Crippen LogP contribution in [0.1, 0.15) is 26.6 Å². The molecule has 0 aromatic carbocycles. The minimum atomic E-state index is -3.54. The Bertz CT molecular complexity index is 1730. The van der Waals surface area contributed by atoms with Gasteiger partial charge in [-0.1, -0.05) is 18.5 Å². The molecule has 0 amide bonds. The number of halogens is 3. The summed E-state index contributed by atoms with van der Waals surface area (Å²) in [6.07, 6.45) is 3.52. The van der Waals surface area contributed by atoms with Gasteiger partial charge in [-0.15, -0.1) is 0 Å². The minimum absolute atomic E-state index is 0.122. The van der Waals surface area contributed by atoms with Crippen molar-refractivity contribution < 1.29 is 24.7 Å². The van der Waals surface area contributed by atoms with Crippen LogP contribution < -0.4 is 10.3 Å². The van der Waals surface area contributed by atoms with Gasteiger partial charge < -0.3 is 4.74 Å². The van der Waals surface area contributed by atoms with Crippen LogP contribution in [0.4, 0.5) is 8.78 Å². The first-order chi connectivity index (χ1) is 17.7. The normalized spacial score (nSPS) is 12.8.